The van der Waals surface area contributed by atoms with Crippen molar-refractivity contribution in [1.29, 1.82) is 0 Å². The molecular weight excluding hydrogens is 264 g/mol. The molecule has 0 atom stereocenters. The van der Waals surface area contributed by atoms with Crippen LogP contribution in [0.15, 0.2) is 53.5 Å². The molecule has 2 rings (SSSR count). The molecule has 0 heterocycles. The van der Waals surface area contributed by atoms with Crippen LogP contribution in [0, 0.1) is 10.1 Å². The number of aryl methyl sites for hydroxylation is 1. The molecule has 0 saturated carbocycles. The number of nitrogens with zero attached hydrogens (tertiary/aromatic N) is 2. The van der Waals surface area contributed by atoms with E-state index < -0.39 is 4.92 Å². The fourth-order valence-corrected chi connectivity index (χ4v) is 1.96. The number of rotatable bonds is 6. The minimum absolute atomic E-state index is 0.0780. The molecule has 0 aromatic heterocycles. The second-order valence-electron chi connectivity index (χ2n) is 4.88. The SMILES string of the molecule is CCCCc1ccc(C=Nc2ccc([N+](=O)[O-])cc2)cc1. The Kier molecular flexibility index (Phi) is 5.21. The maximum atomic E-state index is 10.6. The van der Waals surface area contributed by atoms with Gasteiger partial charge in [-0.15, -0.1) is 0 Å². The summed E-state index contributed by atoms with van der Waals surface area (Å²) in [6.45, 7) is 2.19. The maximum Gasteiger partial charge on any atom is 0.269 e. The summed E-state index contributed by atoms with van der Waals surface area (Å²) in [5.41, 5.74) is 3.14. The Balaban J connectivity index is 2.01. The van der Waals surface area contributed by atoms with Gasteiger partial charge >= 0.3 is 0 Å². The predicted molar refractivity (Wildman–Crippen MR) is 85.4 cm³/mol. The largest absolute Gasteiger partial charge is 0.269 e. The van der Waals surface area contributed by atoms with Crippen molar-refractivity contribution in [3.05, 3.63) is 69.8 Å². The fraction of sp³-hybridized carbons (Fsp3) is 0.235. The average molecular weight is 282 g/mol. The number of unbranched alkanes of at least 4 members (excludes halogenated alkanes) is 1. The van der Waals surface area contributed by atoms with E-state index in [1.165, 1.54) is 30.5 Å². The summed E-state index contributed by atoms with van der Waals surface area (Å²) >= 11 is 0. The molecule has 108 valence electrons. The Morgan fingerprint density at radius 2 is 1.76 bits per heavy atom. The maximum absolute atomic E-state index is 10.6. The van der Waals surface area contributed by atoms with E-state index in [4.69, 9.17) is 0 Å². The standard InChI is InChI=1S/C17H18N2O2/c1-2-3-4-14-5-7-15(8-6-14)13-18-16-9-11-17(12-10-16)19(20)21/h5-13H,2-4H2,1H3. The summed E-state index contributed by atoms with van der Waals surface area (Å²) in [7, 11) is 0. The van der Waals surface area contributed by atoms with Crippen LogP contribution in [0.3, 0.4) is 0 Å². The van der Waals surface area contributed by atoms with Crippen molar-refractivity contribution in [1.82, 2.24) is 0 Å². The topological polar surface area (TPSA) is 55.5 Å². The molecule has 2 aromatic rings. The normalized spacial score (nSPS) is 10.9. The Morgan fingerprint density at radius 1 is 1.10 bits per heavy atom. The predicted octanol–water partition coefficient (Wildman–Crippen LogP) is 4.69. The summed E-state index contributed by atoms with van der Waals surface area (Å²) in [5, 5.41) is 10.6. The van der Waals surface area contributed by atoms with Crippen LogP contribution >= 0.6 is 0 Å². The molecular formula is C17H18N2O2. The number of hydrogen-bond donors (Lipinski definition) is 0. The first-order chi connectivity index (χ1) is 10.2. The van der Waals surface area contributed by atoms with Crippen LogP contribution < -0.4 is 0 Å². The average Bonchev–Trinajstić information content (AvgIpc) is 2.52. The van der Waals surface area contributed by atoms with Gasteiger partial charge in [0.05, 0.1) is 10.6 Å². The Labute approximate surface area is 124 Å². The van der Waals surface area contributed by atoms with E-state index in [2.05, 4.69) is 24.0 Å². The molecule has 0 spiro atoms. The first-order valence-electron chi connectivity index (χ1n) is 7.06. The summed E-state index contributed by atoms with van der Waals surface area (Å²) in [6.07, 6.45) is 5.28. The van der Waals surface area contributed by atoms with Crippen LogP contribution in [0.4, 0.5) is 11.4 Å². The highest BCUT2D eigenvalue weighted by atomic mass is 16.6. The van der Waals surface area contributed by atoms with E-state index in [0.29, 0.717) is 5.69 Å². The van der Waals surface area contributed by atoms with E-state index in [1.54, 1.807) is 18.3 Å². The molecule has 0 N–H and O–H groups in total. The molecule has 0 aliphatic rings. The molecule has 0 aliphatic heterocycles. The van der Waals surface area contributed by atoms with Crippen molar-refractivity contribution in [2.24, 2.45) is 4.99 Å². The van der Waals surface area contributed by atoms with Gasteiger partial charge in [0.2, 0.25) is 0 Å². The van der Waals surface area contributed by atoms with Crippen molar-refractivity contribution in [2.45, 2.75) is 26.2 Å². The first-order valence-corrected chi connectivity index (χ1v) is 7.06. The monoisotopic (exact) mass is 282 g/mol. The van der Waals surface area contributed by atoms with Gasteiger partial charge in [0.1, 0.15) is 0 Å². The molecule has 0 radical (unpaired) electrons. The summed E-state index contributed by atoms with van der Waals surface area (Å²) in [5.74, 6) is 0. The summed E-state index contributed by atoms with van der Waals surface area (Å²) < 4.78 is 0. The summed E-state index contributed by atoms with van der Waals surface area (Å²) in [6, 6.07) is 14.5. The second kappa shape index (κ2) is 7.33. The van der Waals surface area contributed by atoms with Crippen LogP contribution in [-0.2, 0) is 6.42 Å². The Bertz CT molecular complexity index is 616. The lowest BCUT2D eigenvalue weighted by Crippen LogP contribution is -1.87. The minimum atomic E-state index is -0.414. The number of nitro benzene ring substituents is 1. The minimum Gasteiger partial charge on any atom is -0.258 e. The number of non-ortho nitro benzene ring substituents is 1. The van der Waals surface area contributed by atoms with Crippen LogP contribution in [0.5, 0.6) is 0 Å². The van der Waals surface area contributed by atoms with Gasteiger partial charge in [0.15, 0.2) is 0 Å². The van der Waals surface area contributed by atoms with Gasteiger partial charge in [-0.3, -0.25) is 15.1 Å². The van der Waals surface area contributed by atoms with Crippen molar-refractivity contribution in [2.75, 3.05) is 0 Å². The van der Waals surface area contributed by atoms with Crippen molar-refractivity contribution in [3.8, 4) is 0 Å². The van der Waals surface area contributed by atoms with E-state index in [0.717, 1.165) is 12.0 Å². The van der Waals surface area contributed by atoms with E-state index >= 15 is 0 Å². The lowest BCUT2D eigenvalue weighted by Gasteiger charge is -2.00. The van der Waals surface area contributed by atoms with Crippen molar-refractivity contribution >= 4 is 17.6 Å². The van der Waals surface area contributed by atoms with Gasteiger partial charge in [-0.05, 0) is 36.1 Å². The fourth-order valence-electron chi connectivity index (χ4n) is 1.96. The van der Waals surface area contributed by atoms with Crippen LogP contribution in [0.1, 0.15) is 30.9 Å². The molecule has 0 fully saturated rings. The quantitative estimate of drug-likeness (QED) is 0.438. The van der Waals surface area contributed by atoms with Crippen molar-refractivity contribution < 1.29 is 4.92 Å². The van der Waals surface area contributed by atoms with Gasteiger partial charge in [-0.25, -0.2) is 0 Å². The first kappa shape index (κ1) is 14.9. The highest BCUT2D eigenvalue weighted by Gasteiger charge is 2.02. The van der Waals surface area contributed by atoms with Crippen LogP contribution in [0.2, 0.25) is 0 Å². The molecule has 4 heteroatoms. The Hall–Kier alpha value is -2.49. The van der Waals surface area contributed by atoms with Crippen LogP contribution in [-0.4, -0.2) is 11.1 Å². The molecule has 0 bridgehead atoms. The van der Waals surface area contributed by atoms with E-state index in [9.17, 15) is 10.1 Å². The molecule has 0 amide bonds. The molecule has 4 nitrogen and oxygen atoms in total. The lowest BCUT2D eigenvalue weighted by atomic mass is 10.1. The highest BCUT2D eigenvalue weighted by Crippen LogP contribution is 2.18. The van der Waals surface area contributed by atoms with Gasteiger partial charge < -0.3 is 0 Å². The number of aliphatic imine (C=N–C) groups is 1. The van der Waals surface area contributed by atoms with Crippen molar-refractivity contribution in [3.63, 3.8) is 0 Å². The second-order valence-corrected chi connectivity index (χ2v) is 4.88. The third-order valence-corrected chi connectivity index (χ3v) is 3.22. The third kappa shape index (κ3) is 4.53. The zero-order chi connectivity index (χ0) is 15.1. The van der Waals surface area contributed by atoms with Gasteiger partial charge in [0.25, 0.3) is 5.69 Å². The molecule has 21 heavy (non-hydrogen) atoms. The number of benzene rings is 2. The Morgan fingerprint density at radius 3 is 2.33 bits per heavy atom. The molecule has 0 unspecified atom stereocenters. The van der Waals surface area contributed by atoms with Gasteiger partial charge in [-0.1, -0.05) is 37.6 Å². The summed E-state index contributed by atoms with van der Waals surface area (Å²) in [4.78, 5) is 14.5. The number of hydrogen-bond acceptors (Lipinski definition) is 3. The molecule has 0 aliphatic carbocycles. The van der Waals surface area contributed by atoms with Gasteiger partial charge in [0, 0.05) is 18.3 Å². The van der Waals surface area contributed by atoms with E-state index in [-0.39, 0.29) is 5.69 Å². The smallest absolute Gasteiger partial charge is 0.258 e. The third-order valence-electron chi connectivity index (χ3n) is 3.22. The molecule has 2 aromatic carbocycles. The zero-order valence-electron chi connectivity index (χ0n) is 12.0. The molecule has 0 saturated heterocycles. The number of nitro groups is 1. The van der Waals surface area contributed by atoms with Gasteiger partial charge in [-0.2, -0.15) is 0 Å². The van der Waals surface area contributed by atoms with E-state index in [1.807, 2.05) is 12.1 Å². The zero-order valence-corrected chi connectivity index (χ0v) is 12.0. The lowest BCUT2D eigenvalue weighted by molar-refractivity contribution is -0.384. The highest BCUT2D eigenvalue weighted by molar-refractivity contribution is 5.82. The van der Waals surface area contributed by atoms with Crippen LogP contribution in [0.25, 0.3) is 0 Å².